The highest BCUT2D eigenvalue weighted by molar-refractivity contribution is 5.77. The minimum Gasteiger partial charge on any atom is -0.508 e. The number of rotatable bonds is 3. The highest BCUT2D eigenvalue weighted by atomic mass is 16.3. The molecule has 0 amide bonds. The molecular weight excluding hydrogens is 296 g/mol. The molecule has 0 fully saturated rings. The van der Waals surface area contributed by atoms with Gasteiger partial charge in [0.05, 0.1) is 17.5 Å². The first-order chi connectivity index (χ1) is 11.2. The monoisotopic (exact) mass is 308 g/mol. The molecule has 1 aromatic carbocycles. The van der Waals surface area contributed by atoms with Gasteiger partial charge in [-0.05, 0) is 24.3 Å². The second-order valence-corrected chi connectivity index (χ2v) is 5.01. The number of aromatic hydroxyl groups is 1. The van der Waals surface area contributed by atoms with Gasteiger partial charge in [0.2, 0.25) is 5.95 Å². The Morgan fingerprint density at radius 2 is 2.09 bits per heavy atom. The van der Waals surface area contributed by atoms with Crippen molar-refractivity contribution in [3.63, 3.8) is 0 Å². The Bertz CT molecular complexity index is 977. The number of anilines is 1. The smallest absolute Gasteiger partial charge is 0.222 e. The molecule has 4 rings (SSSR count). The number of furan rings is 1. The third-order valence-electron chi connectivity index (χ3n) is 3.36. The van der Waals surface area contributed by atoms with Crippen molar-refractivity contribution >= 4 is 17.0 Å². The van der Waals surface area contributed by atoms with E-state index in [1.54, 1.807) is 29.1 Å². The van der Waals surface area contributed by atoms with Crippen molar-refractivity contribution in [3.05, 3.63) is 54.1 Å². The number of benzene rings is 1. The maximum absolute atomic E-state index is 9.51. The van der Waals surface area contributed by atoms with Crippen LogP contribution in [-0.2, 0) is 6.42 Å². The number of fused-ring (bicyclic) bond motifs is 1. The van der Waals surface area contributed by atoms with Crippen LogP contribution in [0.5, 0.6) is 5.75 Å². The van der Waals surface area contributed by atoms with Gasteiger partial charge in [-0.2, -0.15) is 9.67 Å². The number of hydrogen-bond donors (Lipinski definition) is 2. The molecule has 8 heteroatoms. The Kier molecular flexibility index (Phi) is 2.94. The van der Waals surface area contributed by atoms with Crippen LogP contribution in [0, 0.1) is 0 Å². The van der Waals surface area contributed by atoms with Crippen molar-refractivity contribution in [2.75, 3.05) is 5.73 Å². The SMILES string of the molecule is Nc1nc(Cc2ccco2)cc(-n2nnc3cc(O)ccc32)n1. The molecule has 0 atom stereocenters. The fraction of sp³-hybridized carbons (Fsp3) is 0.0667. The predicted molar refractivity (Wildman–Crippen MR) is 82.0 cm³/mol. The molecule has 0 bridgehead atoms. The van der Waals surface area contributed by atoms with E-state index in [4.69, 9.17) is 10.2 Å². The summed E-state index contributed by atoms with van der Waals surface area (Å²) >= 11 is 0. The van der Waals surface area contributed by atoms with Gasteiger partial charge in [-0.1, -0.05) is 5.21 Å². The maximum atomic E-state index is 9.51. The second kappa shape index (κ2) is 5.09. The zero-order valence-electron chi connectivity index (χ0n) is 11.9. The number of nitrogens with zero attached hydrogens (tertiary/aromatic N) is 5. The first-order valence-electron chi connectivity index (χ1n) is 6.90. The average molecular weight is 308 g/mol. The number of phenolic OH excluding ortho intramolecular Hbond substituents is 1. The molecule has 23 heavy (non-hydrogen) atoms. The molecule has 8 nitrogen and oxygen atoms in total. The van der Waals surface area contributed by atoms with Crippen molar-refractivity contribution in [1.29, 1.82) is 0 Å². The van der Waals surface area contributed by atoms with Crippen molar-refractivity contribution in [2.45, 2.75) is 6.42 Å². The van der Waals surface area contributed by atoms with E-state index in [0.29, 0.717) is 29.0 Å². The minimum atomic E-state index is 0.130. The Hall–Kier alpha value is -3.42. The summed E-state index contributed by atoms with van der Waals surface area (Å²) in [6.07, 6.45) is 2.11. The number of phenols is 1. The van der Waals surface area contributed by atoms with E-state index in [1.165, 1.54) is 6.07 Å². The van der Waals surface area contributed by atoms with Gasteiger partial charge in [0.25, 0.3) is 0 Å². The van der Waals surface area contributed by atoms with Crippen LogP contribution >= 0.6 is 0 Å². The molecule has 0 spiro atoms. The quantitative estimate of drug-likeness (QED) is 0.591. The third kappa shape index (κ3) is 2.46. The summed E-state index contributed by atoms with van der Waals surface area (Å²) in [5.74, 6) is 1.56. The molecule has 3 aromatic heterocycles. The van der Waals surface area contributed by atoms with Crippen LogP contribution in [0.25, 0.3) is 16.9 Å². The topological polar surface area (TPSA) is 116 Å². The van der Waals surface area contributed by atoms with Gasteiger partial charge >= 0.3 is 0 Å². The second-order valence-electron chi connectivity index (χ2n) is 5.01. The van der Waals surface area contributed by atoms with Gasteiger partial charge in [0.15, 0.2) is 5.82 Å². The summed E-state index contributed by atoms with van der Waals surface area (Å²) in [5, 5.41) is 17.6. The average Bonchev–Trinajstić information content (AvgIpc) is 3.15. The summed E-state index contributed by atoms with van der Waals surface area (Å²) in [4.78, 5) is 8.43. The predicted octanol–water partition coefficient (Wildman–Crippen LogP) is 1.68. The number of nitrogen functional groups attached to an aromatic ring is 1. The van der Waals surface area contributed by atoms with Crippen LogP contribution in [0.1, 0.15) is 11.5 Å². The third-order valence-corrected chi connectivity index (χ3v) is 3.36. The van der Waals surface area contributed by atoms with E-state index in [9.17, 15) is 5.11 Å². The molecule has 3 heterocycles. The van der Waals surface area contributed by atoms with Crippen molar-refractivity contribution in [3.8, 4) is 11.6 Å². The van der Waals surface area contributed by atoms with Crippen LogP contribution in [0.2, 0.25) is 0 Å². The van der Waals surface area contributed by atoms with Gasteiger partial charge in [0.1, 0.15) is 17.0 Å². The molecular formula is C15H12N6O2. The summed E-state index contributed by atoms with van der Waals surface area (Å²) in [7, 11) is 0. The molecule has 0 saturated heterocycles. The van der Waals surface area contributed by atoms with Crippen molar-refractivity contribution in [1.82, 2.24) is 25.0 Å². The lowest BCUT2D eigenvalue weighted by Gasteiger charge is -2.05. The minimum absolute atomic E-state index is 0.130. The van der Waals surface area contributed by atoms with Crippen LogP contribution in [-0.4, -0.2) is 30.1 Å². The van der Waals surface area contributed by atoms with Crippen molar-refractivity contribution < 1.29 is 9.52 Å². The Morgan fingerprint density at radius 1 is 1.17 bits per heavy atom. The Morgan fingerprint density at radius 3 is 2.91 bits per heavy atom. The fourth-order valence-corrected chi connectivity index (χ4v) is 2.38. The number of aromatic nitrogens is 5. The molecule has 0 saturated carbocycles. The first kappa shape index (κ1) is 13.3. The van der Waals surface area contributed by atoms with E-state index < -0.39 is 0 Å². The van der Waals surface area contributed by atoms with E-state index in [0.717, 1.165) is 5.76 Å². The van der Waals surface area contributed by atoms with Gasteiger partial charge in [-0.25, -0.2) is 4.98 Å². The van der Waals surface area contributed by atoms with Crippen molar-refractivity contribution in [2.24, 2.45) is 0 Å². The molecule has 114 valence electrons. The molecule has 0 aliphatic carbocycles. The van der Waals surface area contributed by atoms with E-state index in [-0.39, 0.29) is 11.7 Å². The molecule has 4 aromatic rings. The summed E-state index contributed by atoms with van der Waals surface area (Å²) < 4.78 is 6.88. The van der Waals surface area contributed by atoms with Crippen LogP contribution in [0.15, 0.2) is 47.1 Å². The lowest BCUT2D eigenvalue weighted by molar-refractivity contribution is 0.476. The van der Waals surface area contributed by atoms with E-state index in [2.05, 4.69) is 20.3 Å². The highest BCUT2D eigenvalue weighted by Gasteiger charge is 2.11. The Balaban J connectivity index is 1.79. The lowest BCUT2D eigenvalue weighted by Crippen LogP contribution is -2.07. The van der Waals surface area contributed by atoms with Crippen LogP contribution in [0.3, 0.4) is 0 Å². The fourth-order valence-electron chi connectivity index (χ4n) is 2.38. The van der Waals surface area contributed by atoms with Gasteiger partial charge in [-0.3, -0.25) is 0 Å². The molecule has 0 aliphatic rings. The van der Waals surface area contributed by atoms with Crippen LogP contribution < -0.4 is 5.73 Å². The van der Waals surface area contributed by atoms with Crippen LogP contribution in [0.4, 0.5) is 5.95 Å². The highest BCUT2D eigenvalue weighted by Crippen LogP contribution is 2.20. The van der Waals surface area contributed by atoms with Gasteiger partial charge < -0.3 is 15.3 Å². The zero-order chi connectivity index (χ0) is 15.8. The standard InChI is InChI=1S/C15H12N6O2/c16-15-17-9(6-11-2-1-5-23-11)7-14(18-15)21-13-4-3-10(22)8-12(13)19-20-21/h1-5,7-8,22H,6H2,(H2,16,17,18). The molecule has 3 N–H and O–H groups in total. The summed E-state index contributed by atoms with van der Waals surface area (Å²) in [6, 6.07) is 10.3. The van der Waals surface area contributed by atoms with Gasteiger partial charge in [-0.15, -0.1) is 5.10 Å². The van der Waals surface area contributed by atoms with E-state index in [1.807, 2.05) is 12.1 Å². The largest absolute Gasteiger partial charge is 0.508 e. The normalized spacial score (nSPS) is 11.1. The molecule has 0 radical (unpaired) electrons. The number of nitrogens with two attached hydrogens (primary N) is 1. The molecule has 0 aliphatic heterocycles. The lowest BCUT2D eigenvalue weighted by atomic mass is 10.2. The number of hydrogen-bond acceptors (Lipinski definition) is 7. The van der Waals surface area contributed by atoms with E-state index >= 15 is 0 Å². The maximum Gasteiger partial charge on any atom is 0.222 e. The summed E-state index contributed by atoms with van der Waals surface area (Å²) in [5.41, 5.74) is 7.80. The first-order valence-corrected chi connectivity index (χ1v) is 6.90. The molecule has 0 unspecified atom stereocenters. The zero-order valence-corrected chi connectivity index (χ0v) is 11.9. The summed E-state index contributed by atoms with van der Waals surface area (Å²) in [6.45, 7) is 0. The van der Waals surface area contributed by atoms with Gasteiger partial charge in [0, 0.05) is 18.6 Å². The Labute approximate surface area is 130 Å².